The zero-order valence-electron chi connectivity index (χ0n) is 18.4. The van der Waals surface area contributed by atoms with E-state index >= 15 is 0 Å². The second kappa shape index (κ2) is 8.64. The van der Waals surface area contributed by atoms with Gasteiger partial charge in [-0.1, -0.05) is 18.2 Å². The SMILES string of the molecule is C/C=C\c1ccc2n(c1=O)C[C@H]1[C@H](CO)[C@@H](C(=O)NC3CCC3)[C@@H]2N1Cc1cccnc1. The molecule has 7 nitrogen and oxygen atoms in total. The Bertz CT molecular complexity index is 1080. The van der Waals surface area contributed by atoms with E-state index in [0.29, 0.717) is 18.7 Å². The van der Waals surface area contributed by atoms with Crippen molar-refractivity contribution < 1.29 is 9.90 Å². The second-order valence-corrected chi connectivity index (χ2v) is 9.18. The van der Waals surface area contributed by atoms with E-state index in [1.165, 1.54) is 0 Å². The number of nitrogens with zero attached hydrogens (tertiary/aromatic N) is 3. The van der Waals surface area contributed by atoms with Gasteiger partial charge in [-0.3, -0.25) is 19.5 Å². The molecule has 4 atom stereocenters. The number of aromatic nitrogens is 2. The van der Waals surface area contributed by atoms with Crippen molar-refractivity contribution in [2.24, 2.45) is 11.8 Å². The largest absolute Gasteiger partial charge is 0.396 e. The van der Waals surface area contributed by atoms with Crippen LogP contribution in [0.5, 0.6) is 0 Å². The van der Waals surface area contributed by atoms with Crippen LogP contribution in [0.4, 0.5) is 0 Å². The van der Waals surface area contributed by atoms with Crippen molar-refractivity contribution in [3.05, 3.63) is 69.9 Å². The molecule has 2 N–H and O–H groups in total. The van der Waals surface area contributed by atoms with Gasteiger partial charge in [0.05, 0.1) is 12.0 Å². The number of amides is 1. The predicted molar refractivity (Wildman–Crippen MR) is 122 cm³/mol. The standard InChI is InChI=1S/C25H30N4O3/c1-2-5-17-9-10-20-23-22(24(31)27-18-7-3-8-18)19(15-30)21(14-29(20)25(17)32)28(23)13-16-6-4-11-26-12-16/h2,4-6,9-12,18-19,21-23,30H,3,7-8,13-15H2,1H3,(H,27,31)/b5-2-/t19-,21-,22+,23+/m0/s1. The van der Waals surface area contributed by atoms with Crippen LogP contribution < -0.4 is 10.9 Å². The first-order chi connectivity index (χ1) is 15.6. The van der Waals surface area contributed by atoms with Crippen LogP contribution in [-0.2, 0) is 17.9 Å². The molecular weight excluding hydrogens is 404 g/mol. The molecule has 168 valence electrons. The summed E-state index contributed by atoms with van der Waals surface area (Å²) < 4.78 is 1.82. The van der Waals surface area contributed by atoms with Crippen molar-refractivity contribution in [2.45, 2.75) is 57.4 Å². The highest BCUT2D eigenvalue weighted by atomic mass is 16.3. The number of nitrogens with one attached hydrogen (secondary N) is 1. The van der Waals surface area contributed by atoms with Crippen molar-refractivity contribution in [1.29, 1.82) is 0 Å². The second-order valence-electron chi connectivity index (χ2n) is 9.18. The highest BCUT2D eigenvalue weighted by molar-refractivity contribution is 5.81. The van der Waals surface area contributed by atoms with E-state index < -0.39 is 5.92 Å². The molecule has 0 unspecified atom stereocenters. The Hall–Kier alpha value is -2.77. The molecule has 2 aromatic heterocycles. The lowest BCUT2D eigenvalue weighted by Crippen LogP contribution is -2.47. The summed E-state index contributed by atoms with van der Waals surface area (Å²) >= 11 is 0. The number of allylic oxidation sites excluding steroid dienone is 1. The third-order valence-corrected chi connectivity index (χ3v) is 7.39. The summed E-state index contributed by atoms with van der Waals surface area (Å²) in [7, 11) is 0. The molecule has 3 aliphatic rings. The highest BCUT2D eigenvalue weighted by Crippen LogP contribution is 2.49. The number of rotatable bonds is 6. The average molecular weight is 435 g/mol. The van der Waals surface area contributed by atoms with Crippen LogP contribution >= 0.6 is 0 Å². The van der Waals surface area contributed by atoms with Gasteiger partial charge >= 0.3 is 0 Å². The van der Waals surface area contributed by atoms with Crippen molar-refractivity contribution >= 4 is 12.0 Å². The lowest BCUT2D eigenvalue weighted by atomic mass is 9.85. The van der Waals surface area contributed by atoms with E-state index in [0.717, 1.165) is 30.5 Å². The molecule has 2 bridgehead atoms. The molecule has 32 heavy (non-hydrogen) atoms. The van der Waals surface area contributed by atoms with E-state index in [2.05, 4.69) is 15.2 Å². The number of hydrogen-bond acceptors (Lipinski definition) is 5. The molecule has 4 heterocycles. The number of carbonyl (C=O) groups is 1. The average Bonchev–Trinajstić information content (AvgIpc) is 2.98. The minimum Gasteiger partial charge on any atom is -0.396 e. The first-order valence-corrected chi connectivity index (χ1v) is 11.5. The number of aliphatic hydroxyl groups excluding tert-OH is 1. The molecule has 7 heteroatoms. The van der Waals surface area contributed by atoms with Crippen LogP contribution in [0.15, 0.2) is 47.5 Å². The number of pyridine rings is 2. The molecule has 2 fully saturated rings. The summed E-state index contributed by atoms with van der Waals surface area (Å²) in [5, 5.41) is 13.6. The molecule has 5 rings (SSSR count). The van der Waals surface area contributed by atoms with Gasteiger partial charge in [0.2, 0.25) is 5.91 Å². The lowest BCUT2D eigenvalue weighted by molar-refractivity contribution is -0.128. The third-order valence-electron chi connectivity index (χ3n) is 7.39. The summed E-state index contributed by atoms with van der Waals surface area (Å²) in [5.41, 5.74) is 2.52. The quantitative estimate of drug-likeness (QED) is 0.727. The number of carbonyl (C=O) groups excluding carboxylic acids is 1. The van der Waals surface area contributed by atoms with Gasteiger partial charge in [-0.15, -0.1) is 0 Å². The number of aliphatic hydroxyl groups is 1. The first-order valence-electron chi connectivity index (χ1n) is 11.5. The van der Waals surface area contributed by atoms with Gasteiger partial charge < -0.3 is 15.0 Å². The van der Waals surface area contributed by atoms with Crippen LogP contribution in [0.1, 0.15) is 49.0 Å². The molecule has 1 saturated carbocycles. The van der Waals surface area contributed by atoms with E-state index in [4.69, 9.17) is 0 Å². The van der Waals surface area contributed by atoms with Gasteiger partial charge in [0.1, 0.15) is 0 Å². The summed E-state index contributed by atoms with van der Waals surface area (Å²) in [6.07, 6.45) is 10.4. The molecule has 1 amide bonds. The van der Waals surface area contributed by atoms with E-state index in [1.807, 2.05) is 54.1 Å². The van der Waals surface area contributed by atoms with Crippen LogP contribution in [0.25, 0.3) is 6.08 Å². The van der Waals surface area contributed by atoms with Gasteiger partial charge in [0.15, 0.2) is 0 Å². The van der Waals surface area contributed by atoms with Gasteiger partial charge in [-0.2, -0.15) is 0 Å². The zero-order chi connectivity index (χ0) is 22.2. The van der Waals surface area contributed by atoms with Crippen LogP contribution in [0.3, 0.4) is 0 Å². The minimum atomic E-state index is -0.400. The lowest BCUT2D eigenvalue weighted by Gasteiger charge is -2.38. The Morgan fingerprint density at radius 1 is 1.31 bits per heavy atom. The fourth-order valence-electron chi connectivity index (χ4n) is 5.62. The summed E-state index contributed by atoms with van der Waals surface area (Å²) in [5.74, 6) is -0.639. The fraction of sp³-hybridized carbons (Fsp3) is 0.480. The Morgan fingerprint density at radius 2 is 2.16 bits per heavy atom. The molecule has 0 radical (unpaired) electrons. The molecule has 1 aliphatic carbocycles. The van der Waals surface area contributed by atoms with E-state index in [1.54, 1.807) is 6.20 Å². The molecule has 2 aliphatic heterocycles. The van der Waals surface area contributed by atoms with Gasteiger partial charge in [-0.25, -0.2) is 0 Å². The predicted octanol–water partition coefficient (Wildman–Crippen LogP) is 2.11. The van der Waals surface area contributed by atoms with E-state index in [9.17, 15) is 14.7 Å². The maximum atomic E-state index is 13.5. The zero-order valence-corrected chi connectivity index (χ0v) is 18.4. The summed E-state index contributed by atoms with van der Waals surface area (Å²) in [4.78, 5) is 33.2. The Labute approximate surface area is 187 Å². The van der Waals surface area contributed by atoms with Crippen molar-refractivity contribution in [3.8, 4) is 0 Å². The number of fused-ring (bicyclic) bond motifs is 4. The van der Waals surface area contributed by atoms with Crippen LogP contribution in [-0.4, -0.2) is 44.2 Å². The van der Waals surface area contributed by atoms with Gasteiger partial charge in [0, 0.05) is 61.3 Å². The topological polar surface area (TPSA) is 87.5 Å². The fourth-order valence-corrected chi connectivity index (χ4v) is 5.62. The maximum Gasteiger partial charge on any atom is 0.258 e. The van der Waals surface area contributed by atoms with Crippen LogP contribution in [0, 0.1) is 11.8 Å². The van der Waals surface area contributed by atoms with Crippen molar-refractivity contribution in [2.75, 3.05) is 6.61 Å². The summed E-state index contributed by atoms with van der Waals surface area (Å²) in [6, 6.07) is 7.63. The first kappa shape index (κ1) is 21.1. The molecule has 0 spiro atoms. The third kappa shape index (κ3) is 3.49. The molecule has 1 saturated heterocycles. The molecule has 2 aromatic rings. The number of hydrogen-bond donors (Lipinski definition) is 2. The molecule has 0 aromatic carbocycles. The Balaban J connectivity index is 1.58. The van der Waals surface area contributed by atoms with E-state index in [-0.39, 0.29) is 42.1 Å². The minimum absolute atomic E-state index is 0.00383. The Morgan fingerprint density at radius 3 is 2.81 bits per heavy atom. The highest BCUT2D eigenvalue weighted by Gasteiger charge is 2.55. The van der Waals surface area contributed by atoms with Crippen molar-refractivity contribution in [1.82, 2.24) is 19.8 Å². The molecular formula is C25H30N4O3. The smallest absolute Gasteiger partial charge is 0.258 e. The Kier molecular flexibility index (Phi) is 5.69. The van der Waals surface area contributed by atoms with Gasteiger partial charge in [-0.05, 0) is 49.9 Å². The van der Waals surface area contributed by atoms with Crippen molar-refractivity contribution in [3.63, 3.8) is 0 Å². The normalized spacial score (nSPS) is 27.3. The summed E-state index contributed by atoms with van der Waals surface area (Å²) in [6.45, 7) is 2.90. The maximum absolute atomic E-state index is 13.5. The monoisotopic (exact) mass is 434 g/mol. The van der Waals surface area contributed by atoms with Crippen LogP contribution in [0.2, 0.25) is 0 Å². The van der Waals surface area contributed by atoms with Gasteiger partial charge in [0.25, 0.3) is 5.56 Å².